The fourth-order valence-electron chi connectivity index (χ4n) is 1.09. The molecule has 0 saturated carbocycles. The van der Waals surface area contributed by atoms with Crippen LogP contribution in [0.1, 0.15) is 0 Å². The predicted molar refractivity (Wildman–Crippen MR) is 59.8 cm³/mol. The summed E-state index contributed by atoms with van der Waals surface area (Å²) in [6, 6.07) is 9.75. The highest BCUT2D eigenvalue weighted by Crippen LogP contribution is 2.30. The van der Waals surface area contributed by atoms with Crippen LogP contribution in [0, 0.1) is 0 Å². The van der Waals surface area contributed by atoms with Gasteiger partial charge >= 0.3 is 0 Å². The molecule has 0 fully saturated rings. The second kappa shape index (κ2) is 3.70. The molecule has 0 aliphatic carbocycles. The fraction of sp³-hybridized carbons (Fsp3) is 0. The smallest absolute Gasteiger partial charge is 0.0598 e. The topological polar surface area (TPSA) is 0 Å². The van der Waals surface area contributed by atoms with Gasteiger partial charge in [-0.3, -0.25) is 0 Å². The average molecular weight is 229 g/mol. The standard InChI is InChI=1S/C10H6Cl2S/c11-8-4-3-7(6-9(8)12)10-2-1-5-13-10/h1-6H. The minimum atomic E-state index is 0.599. The number of thiophene rings is 1. The molecule has 0 radical (unpaired) electrons. The molecule has 2 rings (SSSR count). The van der Waals surface area contributed by atoms with Crippen molar-refractivity contribution >= 4 is 34.5 Å². The van der Waals surface area contributed by atoms with Crippen molar-refractivity contribution in [2.24, 2.45) is 0 Å². The largest absolute Gasteiger partial charge is 0.144 e. The number of hydrogen-bond acceptors (Lipinski definition) is 1. The molecule has 0 aliphatic rings. The Labute approximate surface area is 90.7 Å². The van der Waals surface area contributed by atoms with E-state index in [0.717, 1.165) is 5.56 Å². The van der Waals surface area contributed by atoms with E-state index in [0.29, 0.717) is 10.0 Å². The lowest BCUT2D eigenvalue weighted by molar-refractivity contribution is 1.69. The van der Waals surface area contributed by atoms with Gasteiger partial charge in [0.25, 0.3) is 0 Å². The van der Waals surface area contributed by atoms with Crippen LogP contribution in [0.15, 0.2) is 35.7 Å². The van der Waals surface area contributed by atoms with Gasteiger partial charge in [0.2, 0.25) is 0 Å². The van der Waals surface area contributed by atoms with Gasteiger partial charge in [0.15, 0.2) is 0 Å². The molecule has 0 nitrogen and oxygen atoms in total. The third-order valence-electron chi connectivity index (χ3n) is 1.73. The first-order valence-corrected chi connectivity index (χ1v) is 5.40. The molecule has 0 amide bonds. The predicted octanol–water partition coefficient (Wildman–Crippen LogP) is 4.72. The van der Waals surface area contributed by atoms with Gasteiger partial charge in [-0.25, -0.2) is 0 Å². The van der Waals surface area contributed by atoms with Crippen molar-refractivity contribution in [2.45, 2.75) is 0 Å². The number of hydrogen-bond donors (Lipinski definition) is 0. The van der Waals surface area contributed by atoms with Crippen LogP contribution in [-0.4, -0.2) is 0 Å². The van der Waals surface area contributed by atoms with E-state index in [1.165, 1.54) is 4.88 Å². The SMILES string of the molecule is Clc1ccc(-c2cccs2)cc1Cl. The Morgan fingerprint density at radius 3 is 2.46 bits per heavy atom. The zero-order valence-electron chi connectivity index (χ0n) is 6.63. The average Bonchev–Trinajstić information content (AvgIpc) is 2.62. The molecular formula is C10H6Cl2S. The third kappa shape index (κ3) is 1.88. The summed E-state index contributed by atoms with van der Waals surface area (Å²) in [6.45, 7) is 0. The molecule has 66 valence electrons. The minimum absolute atomic E-state index is 0.599. The molecule has 1 heterocycles. The molecule has 1 aromatic heterocycles. The van der Waals surface area contributed by atoms with E-state index in [1.54, 1.807) is 11.3 Å². The summed E-state index contributed by atoms with van der Waals surface area (Å²) in [6.07, 6.45) is 0. The number of benzene rings is 1. The molecular weight excluding hydrogens is 223 g/mol. The highest BCUT2D eigenvalue weighted by Gasteiger charge is 2.01. The van der Waals surface area contributed by atoms with Gasteiger partial charge in [-0.05, 0) is 29.1 Å². The van der Waals surface area contributed by atoms with Crippen LogP contribution < -0.4 is 0 Å². The first-order chi connectivity index (χ1) is 6.27. The van der Waals surface area contributed by atoms with Gasteiger partial charge < -0.3 is 0 Å². The molecule has 0 bridgehead atoms. The van der Waals surface area contributed by atoms with Crippen molar-refractivity contribution in [3.05, 3.63) is 45.8 Å². The van der Waals surface area contributed by atoms with Crippen LogP contribution in [0.4, 0.5) is 0 Å². The number of rotatable bonds is 1. The quantitative estimate of drug-likeness (QED) is 0.663. The monoisotopic (exact) mass is 228 g/mol. The molecule has 0 saturated heterocycles. The Morgan fingerprint density at radius 1 is 1.00 bits per heavy atom. The van der Waals surface area contributed by atoms with E-state index in [4.69, 9.17) is 23.2 Å². The highest BCUT2D eigenvalue weighted by atomic mass is 35.5. The van der Waals surface area contributed by atoms with Crippen molar-refractivity contribution in [1.82, 2.24) is 0 Å². The Hall–Kier alpha value is -0.500. The van der Waals surface area contributed by atoms with Gasteiger partial charge in [0.05, 0.1) is 10.0 Å². The molecule has 0 atom stereocenters. The van der Waals surface area contributed by atoms with Crippen molar-refractivity contribution in [3.63, 3.8) is 0 Å². The lowest BCUT2D eigenvalue weighted by Crippen LogP contribution is -1.73. The maximum Gasteiger partial charge on any atom is 0.0598 e. The molecule has 3 heteroatoms. The van der Waals surface area contributed by atoms with Crippen molar-refractivity contribution < 1.29 is 0 Å². The summed E-state index contributed by atoms with van der Waals surface area (Å²) >= 11 is 13.4. The Morgan fingerprint density at radius 2 is 1.85 bits per heavy atom. The maximum absolute atomic E-state index is 5.90. The van der Waals surface area contributed by atoms with Crippen molar-refractivity contribution in [2.75, 3.05) is 0 Å². The normalized spacial score (nSPS) is 10.3. The second-order valence-electron chi connectivity index (χ2n) is 2.61. The second-order valence-corrected chi connectivity index (χ2v) is 4.37. The maximum atomic E-state index is 5.90. The zero-order valence-corrected chi connectivity index (χ0v) is 8.96. The van der Waals surface area contributed by atoms with Crippen LogP contribution in [0.25, 0.3) is 10.4 Å². The molecule has 0 aliphatic heterocycles. The Bertz CT molecular complexity index is 407. The molecule has 13 heavy (non-hydrogen) atoms. The summed E-state index contributed by atoms with van der Waals surface area (Å²) in [4.78, 5) is 1.21. The van der Waals surface area contributed by atoms with Gasteiger partial charge in [-0.2, -0.15) is 0 Å². The lowest BCUT2D eigenvalue weighted by atomic mass is 10.2. The van der Waals surface area contributed by atoms with Crippen LogP contribution >= 0.6 is 34.5 Å². The summed E-state index contributed by atoms with van der Waals surface area (Å²) in [5, 5.41) is 3.24. The van der Waals surface area contributed by atoms with Crippen LogP contribution in [0.2, 0.25) is 10.0 Å². The highest BCUT2D eigenvalue weighted by molar-refractivity contribution is 7.13. The minimum Gasteiger partial charge on any atom is -0.144 e. The van der Waals surface area contributed by atoms with Crippen LogP contribution in [0.3, 0.4) is 0 Å². The van der Waals surface area contributed by atoms with E-state index < -0.39 is 0 Å². The van der Waals surface area contributed by atoms with E-state index >= 15 is 0 Å². The van der Waals surface area contributed by atoms with E-state index in [-0.39, 0.29) is 0 Å². The van der Waals surface area contributed by atoms with Crippen molar-refractivity contribution in [3.8, 4) is 10.4 Å². The fourth-order valence-corrected chi connectivity index (χ4v) is 2.11. The first-order valence-electron chi connectivity index (χ1n) is 3.76. The van der Waals surface area contributed by atoms with Gasteiger partial charge in [-0.15, -0.1) is 11.3 Å². The summed E-state index contributed by atoms with van der Waals surface area (Å²) in [7, 11) is 0. The lowest BCUT2D eigenvalue weighted by Gasteiger charge is -1.99. The summed E-state index contributed by atoms with van der Waals surface area (Å²) in [5.41, 5.74) is 1.12. The molecule has 0 N–H and O–H groups in total. The Balaban J connectivity index is 2.49. The molecule has 2 aromatic rings. The van der Waals surface area contributed by atoms with Gasteiger partial charge in [0.1, 0.15) is 0 Å². The number of halogens is 2. The van der Waals surface area contributed by atoms with Crippen molar-refractivity contribution in [1.29, 1.82) is 0 Å². The molecule has 0 spiro atoms. The Kier molecular flexibility index (Phi) is 2.58. The first kappa shape index (κ1) is 9.07. The summed E-state index contributed by atoms with van der Waals surface area (Å²) in [5.74, 6) is 0. The van der Waals surface area contributed by atoms with E-state index in [9.17, 15) is 0 Å². The van der Waals surface area contributed by atoms with Gasteiger partial charge in [-0.1, -0.05) is 35.3 Å². The third-order valence-corrected chi connectivity index (χ3v) is 3.38. The molecule has 0 unspecified atom stereocenters. The van der Waals surface area contributed by atoms with E-state index in [2.05, 4.69) is 6.07 Å². The van der Waals surface area contributed by atoms with Crippen LogP contribution in [0.5, 0.6) is 0 Å². The van der Waals surface area contributed by atoms with Crippen LogP contribution in [-0.2, 0) is 0 Å². The molecule has 1 aromatic carbocycles. The van der Waals surface area contributed by atoms with Gasteiger partial charge in [0, 0.05) is 4.88 Å². The summed E-state index contributed by atoms with van der Waals surface area (Å²) < 4.78 is 0. The zero-order chi connectivity index (χ0) is 9.26. The van der Waals surface area contributed by atoms with E-state index in [1.807, 2.05) is 29.6 Å².